The summed E-state index contributed by atoms with van der Waals surface area (Å²) in [4.78, 5) is 38.2. The Balaban J connectivity index is 4.13. The van der Waals surface area contributed by atoms with Crippen LogP contribution in [-0.4, -0.2) is 70.0 Å². The number of unbranched alkanes of at least 4 members (excludes halogenated alkanes) is 21. The molecule has 0 saturated heterocycles. The quantitative estimate of drug-likeness (QED) is 0.0195. The number of nitrogens with zero attached hydrogens (tertiary/aromatic N) is 1. The van der Waals surface area contributed by atoms with Crippen molar-refractivity contribution in [3.63, 3.8) is 0 Å². The topological polar surface area (TPSA) is 111 Å². The largest absolute Gasteiger partial charge is 0.756 e. The van der Waals surface area contributed by atoms with E-state index in [2.05, 4.69) is 220 Å². The lowest BCUT2D eigenvalue weighted by Gasteiger charge is -2.28. The summed E-state index contributed by atoms with van der Waals surface area (Å²) in [5.41, 5.74) is 0. The number of carbonyl (C=O) groups is 2. The molecule has 552 valence electrons. The molecule has 0 aromatic heterocycles. The standard InChI is InChI=1S/C88H142NO8P/c1-6-8-10-12-14-16-18-20-22-24-26-28-30-32-34-36-38-40-41-42-43-44-45-46-47-49-51-53-55-57-59-61-63-65-67-69-71-73-75-77-79-81-88(91)97-86(85-96-98(92,93)95-83-82-89(3,4)5)84-94-87(90)80-78-76-74-72-70-68-66-64-62-60-58-56-54-52-50-48-39-37-35-33-31-29-27-25-23-21-19-17-15-13-11-9-7-2/h8-11,14-17,20-23,26-29,32-35,38,40,42-43,45-46,49,51,55,57,61,63,67,69,86H,6-7,12-13,18-19,24-25,30-31,36-37,39,41,44,47-48,50,52-54,56,58-60,62,64-66,68,70-85H2,1-5H3/b10-8-,11-9-,16-14-,17-15-,22-20-,23-21-,28-26-,29-27-,34-32-,35-33-,40-38-,43-42-,46-45-,51-49-,57-55-,63-61-,69-67-. The van der Waals surface area contributed by atoms with Crippen molar-refractivity contribution in [2.24, 2.45) is 0 Å². The number of phosphoric acid groups is 1. The summed E-state index contributed by atoms with van der Waals surface area (Å²) in [5, 5.41) is 0. The van der Waals surface area contributed by atoms with E-state index in [1.54, 1.807) is 0 Å². The van der Waals surface area contributed by atoms with Gasteiger partial charge in [0.05, 0.1) is 27.7 Å². The van der Waals surface area contributed by atoms with Crippen LogP contribution in [0.4, 0.5) is 0 Å². The summed E-state index contributed by atoms with van der Waals surface area (Å²) >= 11 is 0. The number of hydrogen-bond donors (Lipinski definition) is 0. The Hall–Kier alpha value is -5.41. The second kappa shape index (κ2) is 75.8. The number of carbonyl (C=O) groups excluding carboxylic acids is 2. The van der Waals surface area contributed by atoms with Crippen molar-refractivity contribution >= 4 is 19.8 Å². The highest BCUT2D eigenvalue weighted by molar-refractivity contribution is 7.45. The van der Waals surface area contributed by atoms with Crippen LogP contribution in [0.5, 0.6) is 0 Å². The molecule has 0 aromatic carbocycles. The van der Waals surface area contributed by atoms with E-state index >= 15 is 0 Å². The Morgan fingerprint density at radius 2 is 0.551 bits per heavy atom. The predicted molar refractivity (Wildman–Crippen MR) is 424 cm³/mol. The van der Waals surface area contributed by atoms with Gasteiger partial charge in [-0.25, -0.2) is 0 Å². The van der Waals surface area contributed by atoms with Crippen LogP contribution in [0.3, 0.4) is 0 Å². The fraction of sp³-hybridized carbons (Fsp3) is 0.591. The Morgan fingerprint density at radius 3 is 0.816 bits per heavy atom. The van der Waals surface area contributed by atoms with Gasteiger partial charge in [0.1, 0.15) is 19.8 Å². The van der Waals surface area contributed by atoms with Gasteiger partial charge in [-0.1, -0.05) is 330 Å². The van der Waals surface area contributed by atoms with Gasteiger partial charge in [0.2, 0.25) is 0 Å². The van der Waals surface area contributed by atoms with Crippen LogP contribution >= 0.6 is 7.82 Å². The first-order valence-corrected chi connectivity index (χ1v) is 40.3. The smallest absolute Gasteiger partial charge is 0.306 e. The van der Waals surface area contributed by atoms with Gasteiger partial charge < -0.3 is 27.9 Å². The molecule has 2 atom stereocenters. The zero-order chi connectivity index (χ0) is 71.1. The van der Waals surface area contributed by atoms with Crippen molar-refractivity contribution < 1.29 is 42.1 Å². The van der Waals surface area contributed by atoms with Gasteiger partial charge in [0, 0.05) is 12.8 Å². The number of rotatable bonds is 69. The van der Waals surface area contributed by atoms with E-state index in [1.165, 1.54) is 96.3 Å². The lowest BCUT2D eigenvalue weighted by atomic mass is 10.0. The van der Waals surface area contributed by atoms with Gasteiger partial charge in [-0.15, -0.1) is 0 Å². The van der Waals surface area contributed by atoms with E-state index in [4.69, 9.17) is 18.5 Å². The van der Waals surface area contributed by atoms with E-state index in [9.17, 15) is 19.0 Å². The number of hydrogen-bond acceptors (Lipinski definition) is 8. The molecule has 0 spiro atoms. The molecule has 0 saturated carbocycles. The van der Waals surface area contributed by atoms with Gasteiger partial charge in [-0.3, -0.25) is 14.2 Å². The zero-order valence-electron chi connectivity index (χ0n) is 62.9. The molecule has 0 heterocycles. The number of ether oxygens (including phenoxy) is 2. The molecule has 2 unspecified atom stereocenters. The number of allylic oxidation sites excluding steroid dienone is 34. The molecule has 9 nitrogen and oxygen atoms in total. The van der Waals surface area contributed by atoms with Crippen molar-refractivity contribution in [1.82, 2.24) is 0 Å². The van der Waals surface area contributed by atoms with Crippen LogP contribution in [-0.2, 0) is 32.7 Å². The van der Waals surface area contributed by atoms with Gasteiger partial charge >= 0.3 is 11.9 Å². The summed E-state index contributed by atoms with van der Waals surface area (Å²) < 4.78 is 34.3. The molecular weight excluding hydrogens is 1230 g/mol. The van der Waals surface area contributed by atoms with Crippen LogP contribution in [0.2, 0.25) is 0 Å². The molecule has 0 rings (SSSR count). The minimum Gasteiger partial charge on any atom is -0.756 e. The average Bonchev–Trinajstić information content (AvgIpc) is 1.08. The maximum absolute atomic E-state index is 12.9. The highest BCUT2D eigenvalue weighted by Crippen LogP contribution is 2.38. The first kappa shape index (κ1) is 92.6. The van der Waals surface area contributed by atoms with Crippen molar-refractivity contribution in [3.05, 3.63) is 207 Å². The number of phosphoric ester groups is 1. The minimum absolute atomic E-state index is 0.0458. The predicted octanol–water partition coefficient (Wildman–Crippen LogP) is 25.5. The molecule has 0 aromatic rings. The summed E-state index contributed by atoms with van der Waals surface area (Å²) in [7, 11) is 1.13. The van der Waals surface area contributed by atoms with Gasteiger partial charge in [0.25, 0.3) is 7.82 Å². The fourth-order valence-corrected chi connectivity index (χ4v) is 10.7. The number of likely N-dealkylation sites (N-methyl/N-ethyl adjacent to an activating group) is 1. The number of quaternary nitrogens is 1. The Kier molecular flexibility index (Phi) is 71.6. The van der Waals surface area contributed by atoms with Crippen molar-refractivity contribution in [1.29, 1.82) is 0 Å². The summed E-state index contributed by atoms with van der Waals surface area (Å²) in [6.45, 7) is 3.97. The second-order valence-corrected chi connectivity index (χ2v) is 27.7. The maximum Gasteiger partial charge on any atom is 0.306 e. The molecule has 0 radical (unpaired) electrons. The van der Waals surface area contributed by atoms with E-state index < -0.39 is 32.5 Å². The van der Waals surface area contributed by atoms with Gasteiger partial charge in [-0.2, -0.15) is 0 Å². The van der Waals surface area contributed by atoms with Crippen LogP contribution in [0.1, 0.15) is 284 Å². The van der Waals surface area contributed by atoms with Gasteiger partial charge in [-0.05, 0) is 148 Å². The zero-order valence-corrected chi connectivity index (χ0v) is 63.8. The van der Waals surface area contributed by atoms with E-state index in [-0.39, 0.29) is 26.1 Å². The fourth-order valence-electron chi connectivity index (χ4n) is 9.96. The Bertz CT molecular complexity index is 2410. The molecule has 10 heteroatoms. The lowest BCUT2D eigenvalue weighted by Crippen LogP contribution is -2.37. The normalized spacial score (nSPS) is 14.2. The third-order valence-electron chi connectivity index (χ3n) is 15.8. The molecule has 98 heavy (non-hydrogen) atoms. The van der Waals surface area contributed by atoms with Crippen LogP contribution in [0, 0.1) is 0 Å². The number of esters is 2. The third-order valence-corrected chi connectivity index (χ3v) is 16.8. The first-order chi connectivity index (χ1) is 48.0. The molecule has 0 bridgehead atoms. The van der Waals surface area contributed by atoms with E-state index in [0.717, 1.165) is 154 Å². The highest BCUT2D eigenvalue weighted by atomic mass is 31.2. The minimum atomic E-state index is -4.67. The van der Waals surface area contributed by atoms with Crippen LogP contribution in [0.15, 0.2) is 207 Å². The van der Waals surface area contributed by atoms with Crippen LogP contribution < -0.4 is 4.89 Å². The SMILES string of the molecule is CC/C=C\C/C=C\C/C=C\C/C=C\C/C=C\C/C=C\C/C=C\C/C=C\C/C=C\C/C=C\C/C=C\C/C=C\CCCCCCC(=O)OC(COC(=O)CCCCCCCCCCCCCCCCCCC/C=C\C/C=C\C/C=C\C/C=C\C/C=C\CC)COP(=O)([O-])OCC[N+](C)(C)C. The molecule has 0 aliphatic heterocycles. The van der Waals surface area contributed by atoms with Crippen LogP contribution in [0.25, 0.3) is 0 Å². The van der Waals surface area contributed by atoms with Gasteiger partial charge in [0.15, 0.2) is 6.10 Å². The summed E-state index contributed by atoms with van der Waals surface area (Å²) in [6, 6.07) is 0. The molecule has 0 aliphatic carbocycles. The Labute approximate surface area is 602 Å². The molecule has 0 aliphatic rings. The second-order valence-electron chi connectivity index (χ2n) is 26.3. The monoisotopic (exact) mass is 1370 g/mol. The maximum atomic E-state index is 12.9. The lowest BCUT2D eigenvalue weighted by molar-refractivity contribution is -0.870. The van der Waals surface area contributed by atoms with Crippen molar-refractivity contribution in [2.75, 3.05) is 47.5 Å². The van der Waals surface area contributed by atoms with E-state index in [1.807, 2.05) is 21.1 Å². The van der Waals surface area contributed by atoms with Crippen molar-refractivity contribution in [2.45, 2.75) is 290 Å². The third kappa shape index (κ3) is 79.6. The average molecular weight is 1370 g/mol. The molecule has 0 N–H and O–H groups in total. The Morgan fingerprint density at radius 1 is 0.316 bits per heavy atom. The van der Waals surface area contributed by atoms with Crippen molar-refractivity contribution in [3.8, 4) is 0 Å². The summed E-state index contributed by atoms with van der Waals surface area (Å²) in [5.74, 6) is -0.870. The summed E-state index contributed by atoms with van der Waals surface area (Å²) in [6.07, 6.45) is 119. The molecule has 0 amide bonds. The molecule has 0 fully saturated rings. The van der Waals surface area contributed by atoms with E-state index in [0.29, 0.717) is 17.4 Å². The molecular formula is C88H142NO8P. The highest BCUT2D eigenvalue weighted by Gasteiger charge is 2.22. The first-order valence-electron chi connectivity index (χ1n) is 38.8.